The van der Waals surface area contributed by atoms with E-state index in [1.54, 1.807) is 54.7 Å². The number of pyridine rings is 1. The van der Waals surface area contributed by atoms with Gasteiger partial charge in [0.25, 0.3) is 10.0 Å². The second-order valence-corrected chi connectivity index (χ2v) is 8.66. The highest BCUT2D eigenvalue weighted by molar-refractivity contribution is 7.90. The number of rotatable bonds is 4. The quantitative estimate of drug-likeness (QED) is 0.403. The molecule has 0 unspecified atom stereocenters. The van der Waals surface area contributed by atoms with Gasteiger partial charge in [-0.15, -0.1) is 0 Å². The van der Waals surface area contributed by atoms with E-state index in [2.05, 4.69) is 4.98 Å². The van der Waals surface area contributed by atoms with Gasteiger partial charge in [0, 0.05) is 22.5 Å². The highest BCUT2D eigenvalue weighted by Crippen LogP contribution is 2.29. The Labute approximate surface area is 173 Å². The smallest absolute Gasteiger partial charge is 0.268 e. The Bertz CT molecular complexity index is 1520. The normalized spacial score (nSPS) is 11.7. The maximum atomic E-state index is 13.6. The molecule has 0 atom stereocenters. The molecule has 30 heavy (non-hydrogen) atoms. The summed E-state index contributed by atoms with van der Waals surface area (Å²) in [4.78, 5) is 18.0. The number of fused-ring (bicyclic) bond motifs is 2. The van der Waals surface area contributed by atoms with E-state index in [1.807, 2.05) is 30.3 Å². The third kappa shape index (κ3) is 2.81. The van der Waals surface area contributed by atoms with Gasteiger partial charge in [-0.2, -0.15) is 0 Å². The molecule has 0 aliphatic carbocycles. The van der Waals surface area contributed by atoms with Crippen LogP contribution in [0.1, 0.15) is 16.1 Å². The largest absolute Gasteiger partial charge is 0.287 e. The maximum Gasteiger partial charge on any atom is 0.268 e. The van der Waals surface area contributed by atoms with E-state index in [0.717, 1.165) is 3.97 Å². The van der Waals surface area contributed by atoms with Gasteiger partial charge in [0.15, 0.2) is 0 Å². The van der Waals surface area contributed by atoms with Gasteiger partial charge in [-0.3, -0.25) is 9.78 Å². The second-order valence-electron chi connectivity index (χ2n) is 6.88. The van der Waals surface area contributed by atoms with Crippen LogP contribution in [0.3, 0.4) is 0 Å². The molecule has 0 aliphatic rings. The first kappa shape index (κ1) is 18.3. The molecule has 0 saturated carbocycles. The van der Waals surface area contributed by atoms with Crippen molar-refractivity contribution in [2.24, 2.45) is 0 Å². The van der Waals surface area contributed by atoms with Gasteiger partial charge in [0.2, 0.25) is 5.78 Å². The zero-order valence-electron chi connectivity index (χ0n) is 15.8. The minimum Gasteiger partial charge on any atom is -0.287 e. The van der Waals surface area contributed by atoms with E-state index >= 15 is 0 Å². The van der Waals surface area contributed by atoms with Gasteiger partial charge in [0.1, 0.15) is 5.69 Å². The van der Waals surface area contributed by atoms with Crippen molar-refractivity contribution >= 4 is 37.6 Å². The molecule has 2 aromatic heterocycles. The Hall–Kier alpha value is -3.77. The Balaban J connectivity index is 1.80. The molecule has 5 nitrogen and oxygen atoms in total. The fraction of sp³-hybridized carbons (Fsp3) is 0. The Morgan fingerprint density at radius 1 is 0.800 bits per heavy atom. The number of hydrogen-bond donors (Lipinski definition) is 0. The zero-order valence-corrected chi connectivity index (χ0v) is 16.6. The van der Waals surface area contributed by atoms with Crippen molar-refractivity contribution in [3.63, 3.8) is 0 Å². The average Bonchev–Trinajstić information content (AvgIpc) is 3.19. The summed E-state index contributed by atoms with van der Waals surface area (Å²) in [5.74, 6) is -0.371. The number of carbonyl (C=O) groups excluding carboxylic acids is 1. The van der Waals surface area contributed by atoms with Crippen molar-refractivity contribution in [3.8, 4) is 0 Å². The van der Waals surface area contributed by atoms with Crippen LogP contribution >= 0.6 is 0 Å². The topological polar surface area (TPSA) is 69.0 Å². The van der Waals surface area contributed by atoms with Crippen molar-refractivity contribution in [2.45, 2.75) is 4.90 Å². The molecule has 0 bridgehead atoms. The van der Waals surface area contributed by atoms with Gasteiger partial charge in [-0.05, 0) is 36.4 Å². The van der Waals surface area contributed by atoms with E-state index in [0.29, 0.717) is 27.4 Å². The minimum absolute atomic E-state index is 0.0939. The molecule has 5 aromatic rings. The average molecular weight is 412 g/mol. The molecule has 0 radical (unpaired) electrons. The molecule has 6 heteroatoms. The maximum absolute atomic E-state index is 13.6. The van der Waals surface area contributed by atoms with Crippen LogP contribution in [0.4, 0.5) is 0 Å². The third-order valence-corrected chi connectivity index (χ3v) is 6.82. The second kappa shape index (κ2) is 6.93. The van der Waals surface area contributed by atoms with Crippen LogP contribution in [0, 0.1) is 0 Å². The molecule has 0 N–H and O–H groups in total. The Kier molecular flexibility index (Phi) is 4.22. The van der Waals surface area contributed by atoms with Crippen molar-refractivity contribution in [3.05, 3.63) is 108 Å². The molecule has 146 valence electrons. The van der Waals surface area contributed by atoms with Gasteiger partial charge in [-0.25, -0.2) is 12.4 Å². The number of aromatic nitrogens is 2. The molecular formula is C24H16N2O3S. The van der Waals surface area contributed by atoms with Crippen LogP contribution in [0.25, 0.3) is 21.8 Å². The van der Waals surface area contributed by atoms with Crippen LogP contribution in [-0.4, -0.2) is 23.2 Å². The minimum atomic E-state index is -3.98. The first-order valence-corrected chi connectivity index (χ1v) is 10.8. The predicted octanol–water partition coefficient (Wildman–Crippen LogP) is 4.66. The van der Waals surface area contributed by atoms with E-state index in [-0.39, 0.29) is 16.4 Å². The number of carbonyl (C=O) groups is 1. The fourth-order valence-electron chi connectivity index (χ4n) is 3.68. The number of benzene rings is 3. The monoisotopic (exact) mass is 412 g/mol. The van der Waals surface area contributed by atoms with E-state index < -0.39 is 10.0 Å². The summed E-state index contributed by atoms with van der Waals surface area (Å²) in [6, 6.07) is 25.8. The van der Waals surface area contributed by atoms with E-state index in [1.165, 1.54) is 12.1 Å². The van der Waals surface area contributed by atoms with Crippen LogP contribution < -0.4 is 0 Å². The predicted molar refractivity (Wildman–Crippen MR) is 116 cm³/mol. The van der Waals surface area contributed by atoms with Gasteiger partial charge in [0.05, 0.1) is 15.9 Å². The summed E-state index contributed by atoms with van der Waals surface area (Å²) in [5, 5.41) is 1.36. The lowest BCUT2D eigenvalue weighted by Crippen LogP contribution is -2.19. The standard InChI is InChI=1S/C24H16N2O3S/c27-24(20-14-15-25-21-12-6-5-11-19(20)21)23-16-17-8-4-7-13-22(17)26(23)30(28,29)18-9-2-1-3-10-18/h1-16H. The van der Waals surface area contributed by atoms with Gasteiger partial charge >= 0.3 is 0 Å². The molecule has 5 rings (SSSR count). The van der Waals surface area contributed by atoms with E-state index in [9.17, 15) is 13.2 Å². The number of hydrogen-bond acceptors (Lipinski definition) is 4. The highest BCUT2D eigenvalue weighted by Gasteiger charge is 2.27. The molecule has 0 amide bonds. The van der Waals surface area contributed by atoms with Crippen molar-refractivity contribution < 1.29 is 13.2 Å². The molecule has 0 fully saturated rings. The summed E-state index contributed by atoms with van der Waals surface area (Å²) >= 11 is 0. The lowest BCUT2D eigenvalue weighted by atomic mass is 10.0. The molecular weight excluding hydrogens is 396 g/mol. The van der Waals surface area contributed by atoms with Crippen LogP contribution in [0.2, 0.25) is 0 Å². The molecule has 0 aliphatic heterocycles. The van der Waals surface area contributed by atoms with Crippen molar-refractivity contribution in [2.75, 3.05) is 0 Å². The van der Waals surface area contributed by atoms with Gasteiger partial charge in [-0.1, -0.05) is 54.6 Å². The number of nitrogens with zero attached hydrogens (tertiary/aromatic N) is 2. The Morgan fingerprint density at radius 3 is 2.33 bits per heavy atom. The number of ketones is 1. The molecule has 2 heterocycles. The van der Waals surface area contributed by atoms with E-state index in [4.69, 9.17) is 0 Å². The number of para-hydroxylation sites is 2. The van der Waals surface area contributed by atoms with Crippen molar-refractivity contribution in [1.82, 2.24) is 8.96 Å². The molecule has 3 aromatic carbocycles. The Morgan fingerprint density at radius 2 is 1.50 bits per heavy atom. The summed E-state index contributed by atoms with van der Waals surface area (Å²) in [7, 11) is -3.98. The molecule has 0 saturated heterocycles. The summed E-state index contributed by atoms with van der Waals surface area (Å²) in [6.07, 6.45) is 1.56. The van der Waals surface area contributed by atoms with Gasteiger partial charge < -0.3 is 0 Å². The van der Waals surface area contributed by atoms with Crippen molar-refractivity contribution in [1.29, 1.82) is 0 Å². The third-order valence-electron chi connectivity index (χ3n) is 5.07. The first-order valence-electron chi connectivity index (χ1n) is 9.37. The highest BCUT2D eigenvalue weighted by atomic mass is 32.2. The summed E-state index contributed by atoms with van der Waals surface area (Å²) < 4.78 is 28.2. The van der Waals surface area contributed by atoms with Crippen LogP contribution in [0.5, 0.6) is 0 Å². The fourth-order valence-corrected chi connectivity index (χ4v) is 5.21. The first-order chi connectivity index (χ1) is 14.6. The summed E-state index contributed by atoms with van der Waals surface area (Å²) in [5.41, 5.74) is 1.64. The SMILES string of the molecule is O=C(c1ccnc2ccccc12)c1cc2ccccc2n1S(=O)(=O)c1ccccc1. The zero-order chi connectivity index (χ0) is 20.7. The van der Waals surface area contributed by atoms with Crippen LogP contribution in [-0.2, 0) is 10.0 Å². The van der Waals surface area contributed by atoms with Crippen LogP contribution in [0.15, 0.2) is 102 Å². The lowest BCUT2D eigenvalue weighted by Gasteiger charge is -2.12. The molecule has 0 spiro atoms. The summed E-state index contributed by atoms with van der Waals surface area (Å²) in [6.45, 7) is 0. The lowest BCUT2D eigenvalue weighted by molar-refractivity contribution is 0.103.